The monoisotopic (exact) mass is 477 g/mol. The molecule has 0 radical (unpaired) electrons. The summed E-state index contributed by atoms with van der Waals surface area (Å²) in [5.41, 5.74) is 3.87. The lowest BCUT2D eigenvalue weighted by molar-refractivity contribution is -0.642. The van der Waals surface area contributed by atoms with Crippen molar-refractivity contribution in [3.8, 4) is 0 Å². The van der Waals surface area contributed by atoms with Crippen LogP contribution < -0.4 is 33.4 Å². The molecule has 26 heavy (non-hydrogen) atoms. The second-order valence-electron chi connectivity index (χ2n) is 6.68. The summed E-state index contributed by atoms with van der Waals surface area (Å²) in [6.07, 6.45) is 4.42. The van der Waals surface area contributed by atoms with Gasteiger partial charge in [-0.15, -0.1) is 0 Å². The number of nitrogens with zero attached hydrogens (tertiary/aromatic N) is 3. The number of aryl methyl sites for hydroxylation is 1. The van der Waals surface area contributed by atoms with Crippen molar-refractivity contribution in [3.05, 3.63) is 59.1 Å². The highest BCUT2D eigenvalue weighted by molar-refractivity contribution is 7.18. The van der Waals surface area contributed by atoms with E-state index in [1.165, 1.54) is 26.5 Å². The van der Waals surface area contributed by atoms with Gasteiger partial charge >= 0.3 is 0 Å². The van der Waals surface area contributed by atoms with Crippen molar-refractivity contribution in [1.29, 1.82) is 0 Å². The molecule has 136 valence electrons. The van der Waals surface area contributed by atoms with Gasteiger partial charge in [0.05, 0.1) is 0 Å². The molecule has 3 aromatic rings. The van der Waals surface area contributed by atoms with Gasteiger partial charge in [-0.1, -0.05) is 35.6 Å². The highest BCUT2D eigenvalue weighted by atomic mass is 127. The van der Waals surface area contributed by atoms with Crippen LogP contribution in [0.25, 0.3) is 22.4 Å². The van der Waals surface area contributed by atoms with E-state index in [0.29, 0.717) is 0 Å². The third kappa shape index (κ3) is 4.10. The number of hydrogen-bond donors (Lipinski definition) is 0. The fourth-order valence-corrected chi connectivity index (χ4v) is 4.35. The summed E-state index contributed by atoms with van der Waals surface area (Å²) in [6, 6.07) is 17.5. The van der Waals surface area contributed by atoms with E-state index >= 15 is 0 Å². The molecule has 0 atom stereocenters. The van der Waals surface area contributed by atoms with E-state index in [1.54, 1.807) is 0 Å². The summed E-state index contributed by atoms with van der Waals surface area (Å²) in [5, 5.41) is 1.27. The molecule has 0 saturated carbocycles. The Morgan fingerprint density at radius 2 is 1.62 bits per heavy atom. The molecule has 0 aliphatic carbocycles. The molecule has 5 heteroatoms. The zero-order valence-electron chi connectivity index (χ0n) is 15.2. The van der Waals surface area contributed by atoms with Gasteiger partial charge in [-0.05, 0) is 36.9 Å². The Labute approximate surface area is 176 Å². The van der Waals surface area contributed by atoms with Gasteiger partial charge in [-0.2, -0.15) is 4.57 Å². The molecule has 2 heterocycles. The van der Waals surface area contributed by atoms with Crippen molar-refractivity contribution in [1.82, 2.24) is 4.90 Å². The largest absolute Gasteiger partial charge is 1.00 e. The van der Waals surface area contributed by atoms with Crippen LogP contribution in [-0.4, -0.2) is 38.1 Å². The van der Waals surface area contributed by atoms with E-state index in [1.807, 2.05) is 11.3 Å². The van der Waals surface area contributed by atoms with Crippen LogP contribution in [0.5, 0.6) is 0 Å². The maximum Gasteiger partial charge on any atom is 0.262 e. The molecule has 0 spiro atoms. The first-order valence-electron chi connectivity index (χ1n) is 8.80. The predicted octanol–water partition coefficient (Wildman–Crippen LogP) is 0.652. The normalized spacial score (nSPS) is 15.5. The number of fused-ring (bicyclic) bond motifs is 1. The highest BCUT2D eigenvalue weighted by Crippen LogP contribution is 2.22. The fraction of sp³-hybridized carbons (Fsp3) is 0.286. The number of thiazole rings is 1. The first-order chi connectivity index (χ1) is 12.2. The molecule has 0 bridgehead atoms. The predicted molar refractivity (Wildman–Crippen MR) is 108 cm³/mol. The molecule has 1 aliphatic heterocycles. The Kier molecular flexibility index (Phi) is 6.32. The van der Waals surface area contributed by atoms with Crippen molar-refractivity contribution >= 4 is 39.4 Å². The summed E-state index contributed by atoms with van der Waals surface area (Å²) in [6.45, 7) is 4.51. The van der Waals surface area contributed by atoms with Crippen molar-refractivity contribution in [2.45, 2.75) is 0 Å². The van der Waals surface area contributed by atoms with E-state index in [-0.39, 0.29) is 24.0 Å². The molecular formula is C21H24IN3S. The standard InChI is InChI=1S/C21H24N3S.HI/c1-22-13-15-24(16-14-22)18-10-7-17(8-11-18)9-12-21-23(2)19-5-3-4-6-20(19)25-21;/h3-12H,13-16H2,1-2H3;1H/q+1;/p-1. The van der Waals surface area contributed by atoms with Gasteiger partial charge in [0.2, 0.25) is 5.52 Å². The number of likely N-dealkylation sites (N-methyl/N-ethyl adjacent to an activating group) is 1. The number of rotatable bonds is 3. The zero-order valence-corrected chi connectivity index (χ0v) is 18.2. The molecule has 3 nitrogen and oxygen atoms in total. The quantitative estimate of drug-likeness (QED) is 0.405. The van der Waals surface area contributed by atoms with Crippen LogP contribution in [0.1, 0.15) is 10.6 Å². The molecular weight excluding hydrogens is 453 g/mol. The lowest BCUT2D eigenvalue weighted by atomic mass is 10.1. The van der Waals surface area contributed by atoms with Crippen LogP contribution in [0.15, 0.2) is 48.5 Å². The number of para-hydroxylation sites is 1. The number of benzene rings is 2. The molecule has 0 N–H and O–H groups in total. The first kappa shape index (κ1) is 19.3. The van der Waals surface area contributed by atoms with E-state index < -0.39 is 0 Å². The number of halogens is 1. The number of anilines is 1. The highest BCUT2D eigenvalue weighted by Gasteiger charge is 2.14. The summed E-state index contributed by atoms with van der Waals surface area (Å²) >= 11 is 1.83. The SMILES string of the molecule is CN1CCN(c2ccc(/C=C/c3sc4ccccc4[n+]3C)cc2)CC1.[I-]. The topological polar surface area (TPSA) is 10.4 Å². The average Bonchev–Trinajstić information content (AvgIpc) is 2.97. The molecule has 2 aromatic carbocycles. The molecule has 0 amide bonds. The third-order valence-corrected chi connectivity index (χ3v) is 6.14. The van der Waals surface area contributed by atoms with Gasteiger partial charge in [0, 0.05) is 44.0 Å². The van der Waals surface area contributed by atoms with E-state index in [2.05, 4.69) is 89.1 Å². The maximum absolute atomic E-state index is 2.47. The smallest absolute Gasteiger partial charge is 0.262 e. The molecule has 1 aliphatic rings. The van der Waals surface area contributed by atoms with Gasteiger partial charge in [0.25, 0.3) is 5.01 Å². The Morgan fingerprint density at radius 1 is 0.923 bits per heavy atom. The molecule has 4 rings (SSSR count). The summed E-state index contributed by atoms with van der Waals surface area (Å²) in [4.78, 5) is 4.86. The summed E-state index contributed by atoms with van der Waals surface area (Å²) < 4.78 is 3.59. The van der Waals surface area contributed by atoms with Crippen LogP contribution in [0.3, 0.4) is 0 Å². The lowest BCUT2D eigenvalue weighted by Crippen LogP contribution is -3.00. The lowest BCUT2D eigenvalue weighted by Gasteiger charge is -2.34. The van der Waals surface area contributed by atoms with Crippen LogP contribution in [0, 0.1) is 0 Å². The Hall–Kier alpha value is -1.44. The van der Waals surface area contributed by atoms with Crippen molar-refractivity contribution in [2.75, 3.05) is 38.1 Å². The van der Waals surface area contributed by atoms with Crippen LogP contribution in [0.4, 0.5) is 5.69 Å². The van der Waals surface area contributed by atoms with Gasteiger partial charge in [-0.3, -0.25) is 0 Å². The van der Waals surface area contributed by atoms with Gasteiger partial charge in [-0.25, -0.2) is 0 Å². The minimum absolute atomic E-state index is 0. The molecule has 1 fully saturated rings. The van der Waals surface area contributed by atoms with Gasteiger partial charge in [0.15, 0.2) is 0 Å². The van der Waals surface area contributed by atoms with E-state index in [9.17, 15) is 0 Å². The Bertz CT molecular complexity index is 893. The zero-order chi connectivity index (χ0) is 17.2. The van der Waals surface area contributed by atoms with Gasteiger partial charge < -0.3 is 33.8 Å². The maximum atomic E-state index is 2.47. The van der Waals surface area contributed by atoms with E-state index in [4.69, 9.17) is 0 Å². The first-order valence-corrected chi connectivity index (χ1v) is 9.61. The van der Waals surface area contributed by atoms with Crippen LogP contribution in [0.2, 0.25) is 0 Å². The molecule has 0 unspecified atom stereocenters. The number of piperazine rings is 1. The minimum atomic E-state index is 0. The average molecular weight is 477 g/mol. The summed E-state index contributed by atoms with van der Waals surface area (Å²) in [5.74, 6) is 0. The summed E-state index contributed by atoms with van der Waals surface area (Å²) in [7, 11) is 4.33. The van der Waals surface area contributed by atoms with E-state index in [0.717, 1.165) is 26.2 Å². The van der Waals surface area contributed by atoms with Crippen molar-refractivity contribution < 1.29 is 28.5 Å². The van der Waals surface area contributed by atoms with Crippen molar-refractivity contribution in [3.63, 3.8) is 0 Å². The number of aromatic nitrogens is 1. The second-order valence-corrected chi connectivity index (χ2v) is 7.74. The fourth-order valence-electron chi connectivity index (χ4n) is 3.29. The molecule has 1 aromatic heterocycles. The Balaban J connectivity index is 0.00000196. The Morgan fingerprint density at radius 3 is 2.31 bits per heavy atom. The van der Waals surface area contributed by atoms with Gasteiger partial charge in [0.1, 0.15) is 11.7 Å². The van der Waals surface area contributed by atoms with Crippen LogP contribution in [-0.2, 0) is 7.05 Å². The second kappa shape index (κ2) is 8.50. The number of hydrogen-bond acceptors (Lipinski definition) is 3. The van der Waals surface area contributed by atoms with Crippen LogP contribution >= 0.6 is 11.3 Å². The minimum Gasteiger partial charge on any atom is -1.00 e. The molecule has 1 saturated heterocycles. The third-order valence-electron chi connectivity index (χ3n) is 4.95. The van der Waals surface area contributed by atoms with Crippen molar-refractivity contribution in [2.24, 2.45) is 7.05 Å².